The SMILES string of the molecule is CC1CCN(c2nc(C(C)(c3ccc(-c4cnc(N)nc4)cc3)C(C)C)no2)CC1. The van der Waals surface area contributed by atoms with Crippen LogP contribution in [-0.2, 0) is 5.41 Å². The van der Waals surface area contributed by atoms with Crippen molar-refractivity contribution in [3.05, 3.63) is 48.0 Å². The number of nitrogens with two attached hydrogens (primary N) is 1. The normalized spacial score (nSPS) is 17.3. The molecule has 0 amide bonds. The summed E-state index contributed by atoms with van der Waals surface area (Å²) < 4.78 is 5.70. The molecular formula is C23H30N6O. The van der Waals surface area contributed by atoms with Crippen molar-refractivity contribution in [3.63, 3.8) is 0 Å². The third kappa shape index (κ3) is 3.76. The molecule has 1 atom stereocenters. The van der Waals surface area contributed by atoms with E-state index in [1.807, 2.05) is 0 Å². The molecular weight excluding hydrogens is 376 g/mol. The smallest absolute Gasteiger partial charge is 0.324 e. The van der Waals surface area contributed by atoms with Crippen molar-refractivity contribution >= 4 is 12.0 Å². The van der Waals surface area contributed by atoms with Crippen molar-refractivity contribution in [2.45, 2.75) is 46.0 Å². The summed E-state index contributed by atoms with van der Waals surface area (Å²) in [7, 11) is 0. The van der Waals surface area contributed by atoms with Crippen LogP contribution in [0.3, 0.4) is 0 Å². The van der Waals surface area contributed by atoms with Gasteiger partial charge in [-0.05, 0) is 42.7 Å². The van der Waals surface area contributed by atoms with Gasteiger partial charge in [-0.2, -0.15) is 4.98 Å². The molecule has 0 aliphatic carbocycles. The van der Waals surface area contributed by atoms with Crippen molar-refractivity contribution in [1.29, 1.82) is 0 Å². The van der Waals surface area contributed by atoms with Crippen LogP contribution >= 0.6 is 0 Å². The lowest BCUT2D eigenvalue weighted by Gasteiger charge is -2.31. The first-order chi connectivity index (χ1) is 14.4. The van der Waals surface area contributed by atoms with Gasteiger partial charge in [0.05, 0.1) is 5.41 Å². The summed E-state index contributed by atoms with van der Waals surface area (Å²) in [5, 5.41) is 4.41. The van der Waals surface area contributed by atoms with Crippen molar-refractivity contribution in [2.24, 2.45) is 11.8 Å². The number of aromatic nitrogens is 4. The summed E-state index contributed by atoms with van der Waals surface area (Å²) >= 11 is 0. The highest BCUT2D eigenvalue weighted by Crippen LogP contribution is 2.39. The second kappa shape index (κ2) is 8.05. The van der Waals surface area contributed by atoms with Crippen LogP contribution in [0, 0.1) is 11.8 Å². The zero-order valence-electron chi connectivity index (χ0n) is 18.2. The van der Waals surface area contributed by atoms with Crippen LogP contribution in [0.4, 0.5) is 12.0 Å². The molecule has 7 nitrogen and oxygen atoms in total. The molecule has 0 spiro atoms. The average Bonchev–Trinajstić information content (AvgIpc) is 3.25. The zero-order chi connectivity index (χ0) is 21.3. The van der Waals surface area contributed by atoms with E-state index in [0.29, 0.717) is 6.01 Å². The van der Waals surface area contributed by atoms with E-state index < -0.39 is 0 Å². The van der Waals surface area contributed by atoms with E-state index in [4.69, 9.17) is 15.2 Å². The van der Waals surface area contributed by atoms with Crippen molar-refractivity contribution in [3.8, 4) is 11.1 Å². The van der Waals surface area contributed by atoms with Gasteiger partial charge in [-0.15, -0.1) is 0 Å². The lowest BCUT2D eigenvalue weighted by molar-refractivity contribution is 0.342. The fraction of sp³-hybridized carbons (Fsp3) is 0.478. The molecule has 1 aliphatic rings. The van der Waals surface area contributed by atoms with Crippen LogP contribution in [0.1, 0.15) is 51.9 Å². The molecule has 3 aromatic rings. The summed E-state index contributed by atoms with van der Waals surface area (Å²) in [5.74, 6) is 2.05. The van der Waals surface area contributed by atoms with Gasteiger partial charge in [0.15, 0.2) is 5.82 Å². The van der Waals surface area contributed by atoms with E-state index in [1.54, 1.807) is 12.4 Å². The van der Waals surface area contributed by atoms with Crippen LogP contribution in [0.5, 0.6) is 0 Å². The van der Waals surface area contributed by atoms with E-state index in [1.165, 1.54) is 0 Å². The molecule has 1 aliphatic heterocycles. The van der Waals surface area contributed by atoms with Gasteiger partial charge in [0.2, 0.25) is 5.95 Å². The Morgan fingerprint density at radius 3 is 2.30 bits per heavy atom. The summed E-state index contributed by atoms with van der Waals surface area (Å²) in [6.07, 6.45) is 5.80. The number of piperidine rings is 1. The van der Waals surface area contributed by atoms with Gasteiger partial charge in [-0.3, -0.25) is 0 Å². The summed E-state index contributed by atoms with van der Waals surface area (Å²) in [6.45, 7) is 10.8. The standard InChI is InChI=1S/C23H30N6O/c1-15(2)23(4,20-27-22(30-28-20)29-11-9-16(3)10-12-29)19-7-5-17(6-8-19)18-13-25-21(24)26-14-18/h5-8,13-16H,9-12H2,1-4H3,(H2,24,25,26). The van der Waals surface area contributed by atoms with Crippen molar-refractivity contribution < 1.29 is 4.52 Å². The van der Waals surface area contributed by atoms with Gasteiger partial charge in [0.1, 0.15) is 0 Å². The quantitative estimate of drug-likeness (QED) is 0.675. The minimum Gasteiger partial charge on any atom is -0.368 e. The second-order valence-corrected chi connectivity index (χ2v) is 8.83. The van der Waals surface area contributed by atoms with Crippen LogP contribution in [0.15, 0.2) is 41.2 Å². The minimum atomic E-state index is -0.360. The third-order valence-electron chi connectivity index (χ3n) is 6.58. The Morgan fingerprint density at radius 1 is 1.07 bits per heavy atom. The van der Waals surface area contributed by atoms with E-state index in [9.17, 15) is 0 Å². The number of anilines is 2. The molecule has 0 bridgehead atoms. The first-order valence-corrected chi connectivity index (χ1v) is 10.7. The van der Waals surface area contributed by atoms with Gasteiger partial charge in [0, 0.05) is 31.0 Å². The maximum Gasteiger partial charge on any atom is 0.324 e. The number of rotatable bonds is 5. The number of hydrogen-bond donors (Lipinski definition) is 1. The molecule has 1 fully saturated rings. The number of hydrogen-bond acceptors (Lipinski definition) is 7. The Labute approximate surface area is 177 Å². The Morgan fingerprint density at radius 2 is 1.70 bits per heavy atom. The Hall–Kier alpha value is -2.96. The molecule has 4 rings (SSSR count). The highest BCUT2D eigenvalue weighted by molar-refractivity contribution is 5.62. The fourth-order valence-electron chi connectivity index (χ4n) is 3.97. The monoisotopic (exact) mass is 406 g/mol. The highest BCUT2D eigenvalue weighted by atomic mass is 16.5. The van der Waals surface area contributed by atoms with E-state index in [0.717, 1.165) is 54.4 Å². The lowest BCUT2D eigenvalue weighted by atomic mass is 9.72. The molecule has 1 aromatic carbocycles. The van der Waals surface area contributed by atoms with Crippen molar-refractivity contribution in [2.75, 3.05) is 23.7 Å². The first-order valence-electron chi connectivity index (χ1n) is 10.7. The van der Waals surface area contributed by atoms with Gasteiger partial charge in [-0.25, -0.2) is 9.97 Å². The molecule has 3 heterocycles. The van der Waals surface area contributed by atoms with Crippen molar-refractivity contribution in [1.82, 2.24) is 20.1 Å². The van der Waals surface area contributed by atoms with Gasteiger partial charge >= 0.3 is 6.01 Å². The largest absolute Gasteiger partial charge is 0.368 e. The Kier molecular flexibility index (Phi) is 5.45. The van der Waals surface area contributed by atoms with E-state index in [2.05, 4.69) is 72.0 Å². The maximum absolute atomic E-state index is 5.70. The molecule has 0 saturated carbocycles. The number of benzene rings is 1. The third-order valence-corrected chi connectivity index (χ3v) is 6.58. The molecule has 1 saturated heterocycles. The Balaban J connectivity index is 1.62. The fourth-order valence-corrected chi connectivity index (χ4v) is 3.97. The summed E-state index contributed by atoms with van der Waals surface area (Å²) in [6, 6.07) is 9.06. The molecule has 7 heteroatoms. The summed E-state index contributed by atoms with van der Waals surface area (Å²) in [5.41, 5.74) is 8.36. The number of nitrogens with zero attached hydrogens (tertiary/aromatic N) is 5. The molecule has 2 aromatic heterocycles. The molecule has 1 unspecified atom stereocenters. The highest BCUT2D eigenvalue weighted by Gasteiger charge is 2.38. The molecule has 30 heavy (non-hydrogen) atoms. The zero-order valence-corrected chi connectivity index (χ0v) is 18.2. The minimum absolute atomic E-state index is 0.277. The Bertz CT molecular complexity index is 974. The number of nitrogen functional groups attached to an aromatic ring is 1. The van der Waals surface area contributed by atoms with Crippen LogP contribution < -0.4 is 10.6 Å². The second-order valence-electron chi connectivity index (χ2n) is 8.83. The molecule has 0 radical (unpaired) electrons. The van der Waals surface area contributed by atoms with Crippen LogP contribution in [0.25, 0.3) is 11.1 Å². The predicted octanol–water partition coefficient (Wildman–Crippen LogP) is 4.31. The summed E-state index contributed by atoms with van der Waals surface area (Å²) in [4.78, 5) is 15.2. The average molecular weight is 407 g/mol. The van der Waals surface area contributed by atoms with Crippen LogP contribution in [0.2, 0.25) is 0 Å². The lowest BCUT2D eigenvalue weighted by Crippen LogP contribution is -2.34. The van der Waals surface area contributed by atoms with Gasteiger partial charge < -0.3 is 15.2 Å². The van der Waals surface area contributed by atoms with Gasteiger partial charge in [0.25, 0.3) is 0 Å². The van der Waals surface area contributed by atoms with E-state index >= 15 is 0 Å². The van der Waals surface area contributed by atoms with E-state index in [-0.39, 0.29) is 17.3 Å². The maximum atomic E-state index is 5.70. The van der Waals surface area contributed by atoms with Gasteiger partial charge in [-0.1, -0.05) is 50.2 Å². The molecule has 158 valence electrons. The first kappa shape index (κ1) is 20.3. The predicted molar refractivity (Wildman–Crippen MR) is 118 cm³/mol. The topological polar surface area (TPSA) is 94.0 Å². The van der Waals surface area contributed by atoms with Crippen LogP contribution in [-0.4, -0.2) is 33.2 Å². The molecule has 2 N–H and O–H groups in total.